The van der Waals surface area contributed by atoms with Crippen LogP contribution in [0.3, 0.4) is 0 Å². The van der Waals surface area contributed by atoms with Gasteiger partial charge in [0.15, 0.2) is 0 Å². The van der Waals surface area contributed by atoms with Crippen LogP contribution in [0.1, 0.15) is 34.7 Å². The summed E-state index contributed by atoms with van der Waals surface area (Å²) in [6, 6.07) is 10.9. The molecule has 27 heavy (non-hydrogen) atoms. The van der Waals surface area contributed by atoms with Crippen molar-refractivity contribution in [3.05, 3.63) is 58.8 Å². The van der Waals surface area contributed by atoms with Crippen molar-refractivity contribution in [1.29, 1.82) is 0 Å². The van der Waals surface area contributed by atoms with Crippen molar-refractivity contribution in [3.8, 4) is 10.8 Å². The number of ether oxygens (including phenoxy) is 1. The molecule has 0 atom stereocenters. The van der Waals surface area contributed by atoms with Gasteiger partial charge in [0, 0.05) is 13.0 Å². The average Bonchev–Trinajstić information content (AvgIpc) is 3.41. The summed E-state index contributed by atoms with van der Waals surface area (Å²) in [6.07, 6.45) is 1.30. The SMILES string of the molecule is Cc1oc(-c2cccs2)nc1COC(=O)c1ccccc1N1CCCC1=O. The highest BCUT2D eigenvalue weighted by Crippen LogP contribution is 2.28. The van der Waals surface area contributed by atoms with Gasteiger partial charge in [-0.05, 0) is 36.9 Å². The summed E-state index contributed by atoms with van der Waals surface area (Å²) >= 11 is 1.53. The molecule has 0 N–H and O–H groups in total. The van der Waals surface area contributed by atoms with Crippen molar-refractivity contribution in [2.75, 3.05) is 11.4 Å². The van der Waals surface area contributed by atoms with Gasteiger partial charge < -0.3 is 14.1 Å². The maximum atomic E-state index is 12.6. The Morgan fingerprint density at radius 3 is 2.89 bits per heavy atom. The Labute approximate surface area is 160 Å². The van der Waals surface area contributed by atoms with Crippen LogP contribution in [0.25, 0.3) is 10.8 Å². The Bertz CT molecular complexity index is 978. The van der Waals surface area contributed by atoms with Crippen LogP contribution in [0, 0.1) is 6.92 Å². The van der Waals surface area contributed by atoms with E-state index < -0.39 is 5.97 Å². The molecule has 1 amide bonds. The number of anilines is 1. The van der Waals surface area contributed by atoms with E-state index in [4.69, 9.17) is 9.15 Å². The minimum absolute atomic E-state index is 0.0157. The molecule has 0 radical (unpaired) electrons. The number of para-hydroxylation sites is 1. The molecule has 4 rings (SSSR count). The van der Waals surface area contributed by atoms with E-state index in [0.29, 0.717) is 41.6 Å². The van der Waals surface area contributed by atoms with Gasteiger partial charge >= 0.3 is 5.97 Å². The molecule has 138 valence electrons. The number of carbonyl (C=O) groups excluding carboxylic acids is 2. The predicted molar refractivity (Wildman–Crippen MR) is 102 cm³/mol. The highest BCUT2D eigenvalue weighted by molar-refractivity contribution is 7.13. The van der Waals surface area contributed by atoms with Gasteiger partial charge in [-0.2, -0.15) is 0 Å². The second-order valence-corrected chi connectivity index (χ2v) is 7.19. The van der Waals surface area contributed by atoms with Gasteiger partial charge in [-0.15, -0.1) is 11.3 Å². The summed E-state index contributed by atoms with van der Waals surface area (Å²) in [5, 5.41) is 1.95. The van der Waals surface area contributed by atoms with E-state index in [0.717, 1.165) is 11.3 Å². The number of thiophene rings is 1. The van der Waals surface area contributed by atoms with Crippen molar-refractivity contribution < 1.29 is 18.7 Å². The number of benzene rings is 1. The lowest BCUT2D eigenvalue weighted by Gasteiger charge is -2.18. The number of aryl methyl sites for hydroxylation is 1. The van der Waals surface area contributed by atoms with E-state index in [1.165, 1.54) is 11.3 Å². The van der Waals surface area contributed by atoms with Crippen LogP contribution >= 0.6 is 11.3 Å². The van der Waals surface area contributed by atoms with Crippen molar-refractivity contribution in [2.24, 2.45) is 0 Å². The zero-order valence-corrected chi connectivity index (χ0v) is 15.6. The third kappa shape index (κ3) is 3.50. The Morgan fingerprint density at radius 2 is 2.15 bits per heavy atom. The van der Waals surface area contributed by atoms with Crippen molar-refractivity contribution in [2.45, 2.75) is 26.4 Å². The standard InChI is InChI=1S/C20H18N2O4S/c1-13-15(21-19(26-13)17-8-5-11-27-17)12-25-20(24)14-6-2-3-7-16(14)22-10-4-9-18(22)23/h2-3,5-8,11H,4,9-10,12H2,1H3. The number of hydrogen-bond donors (Lipinski definition) is 0. The predicted octanol–water partition coefficient (Wildman–Crippen LogP) is 4.20. The van der Waals surface area contributed by atoms with E-state index in [1.807, 2.05) is 23.6 Å². The zero-order valence-electron chi connectivity index (χ0n) is 14.8. The van der Waals surface area contributed by atoms with Crippen LogP contribution in [-0.2, 0) is 16.1 Å². The van der Waals surface area contributed by atoms with Gasteiger partial charge in [0.1, 0.15) is 18.1 Å². The van der Waals surface area contributed by atoms with E-state index >= 15 is 0 Å². The van der Waals surface area contributed by atoms with Crippen molar-refractivity contribution in [3.63, 3.8) is 0 Å². The first-order valence-electron chi connectivity index (χ1n) is 8.70. The molecular formula is C20H18N2O4S. The topological polar surface area (TPSA) is 72.6 Å². The molecule has 6 nitrogen and oxygen atoms in total. The maximum absolute atomic E-state index is 12.6. The first-order chi connectivity index (χ1) is 13.1. The molecule has 0 spiro atoms. The molecule has 0 unspecified atom stereocenters. The summed E-state index contributed by atoms with van der Waals surface area (Å²) in [5.74, 6) is 0.694. The molecule has 0 aliphatic carbocycles. The number of rotatable bonds is 5. The third-order valence-corrected chi connectivity index (χ3v) is 5.31. The second-order valence-electron chi connectivity index (χ2n) is 6.24. The molecule has 1 aromatic carbocycles. The second kappa shape index (κ2) is 7.36. The van der Waals surface area contributed by atoms with Gasteiger partial charge in [0.05, 0.1) is 16.1 Å². The quantitative estimate of drug-likeness (QED) is 0.619. The molecular weight excluding hydrogens is 364 g/mol. The van der Waals surface area contributed by atoms with E-state index in [1.54, 1.807) is 30.0 Å². The van der Waals surface area contributed by atoms with E-state index in [-0.39, 0.29) is 12.5 Å². The summed E-state index contributed by atoms with van der Waals surface area (Å²) in [5.41, 5.74) is 1.56. The Hall–Kier alpha value is -2.93. The van der Waals surface area contributed by atoms with Gasteiger partial charge in [0.2, 0.25) is 11.8 Å². The fraction of sp³-hybridized carbons (Fsp3) is 0.250. The van der Waals surface area contributed by atoms with Crippen LogP contribution < -0.4 is 4.90 Å². The molecule has 1 saturated heterocycles. The number of oxazole rings is 1. The molecule has 3 heterocycles. The molecule has 1 aliphatic heterocycles. The van der Waals surface area contributed by atoms with Crippen LogP contribution in [-0.4, -0.2) is 23.4 Å². The number of carbonyl (C=O) groups is 2. The largest absolute Gasteiger partial charge is 0.455 e. The lowest BCUT2D eigenvalue weighted by atomic mass is 10.1. The highest BCUT2D eigenvalue weighted by Gasteiger charge is 2.26. The summed E-state index contributed by atoms with van der Waals surface area (Å²) in [7, 11) is 0. The number of esters is 1. The van der Waals surface area contributed by atoms with Crippen molar-refractivity contribution >= 4 is 28.9 Å². The summed E-state index contributed by atoms with van der Waals surface area (Å²) in [4.78, 5) is 31.7. The molecule has 1 fully saturated rings. The van der Waals surface area contributed by atoms with Crippen molar-refractivity contribution in [1.82, 2.24) is 4.98 Å². The number of nitrogens with zero attached hydrogens (tertiary/aromatic N) is 2. The molecule has 0 bridgehead atoms. The Morgan fingerprint density at radius 1 is 1.30 bits per heavy atom. The average molecular weight is 382 g/mol. The highest BCUT2D eigenvalue weighted by atomic mass is 32.1. The first-order valence-corrected chi connectivity index (χ1v) is 9.58. The lowest BCUT2D eigenvalue weighted by Crippen LogP contribution is -2.26. The fourth-order valence-electron chi connectivity index (χ4n) is 3.06. The van der Waals surface area contributed by atoms with E-state index in [2.05, 4.69) is 4.98 Å². The van der Waals surface area contributed by atoms with Gasteiger partial charge in [-0.3, -0.25) is 4.79 Å². The molecule has 7 heteroatoms. The minimum Gasteiger partial charge on any atom is -0.455 e. The van der Waals surface area contributed by atoms with E-state index in [9.17, 15) is 9.59 Å². The molecule has 0 saturated carbocycles. The Balaban J connectivity index is 1.50. The zero-order chi connectivity index (χ0) is 18.8. The smallest absolute Gasteiger partial charge is 0.340 e. The fourth-order valence-corrected chi connectivity index (χ4v) is 3.71. The first kappa shape index (κ1) is 17.5. The molecule has 1 aliphatic rings. The van der Waals surface area contributed by atoms with Gasteiger partial charge in [0.25, 0.3) is 0 Å². The number of amides is 1. The third-order valence-electron chi connectivity index (χ3n) is 4.45. The summed E-state index contributed by atoms with van der Waals surface area (Å²) < 4.78 is 11.1. The maximum Gasteiger partial charge on any atom is 0.340 e. The van der Waals surface area contributed by atoms with Crippen LogP contribution in [0.4, 0.5) is 5.69 Å². The molecule has 2 aromatic heterocycles. The minimum atomic E-state index is -0.481. The normalized spacial score (nSPS) is 14.0. The van der Waals surface area contributed by atoms with Crippen LogP contribution in [0.15, 0.2) is 46.2 Å². The van der Waals surface area contributed by atoms with Gasteiger partial charge in [-0.25, -0.2) is 9.78 Å². The van der Waals surface area contributed by atoms with Crippen LogP contribution in [0.2, 0.25) is 0 Å². The molecule has 3 aromatic rings. The number of aromatic nitrogens is 1. The summed E-state index contributed by atoms with van der Waals surface area (Å²) in [6.45, 7) is 2.43. The monoisotopic (exact) mass is 382 g/mol. The van der Waals surface area contributed by atoms with Crippen LogP contribution in [0.5, 0.6) is 0 Å². The van der Waals surface area contributed by atoms with Gasteiger partial charge in [-0.1, -0.05) is 18.2 Å². The lowest BCUT2D eigenvalue weighted by molar-refractivity contribution is -0.117. The Kier molecular flexibility index (Phi) is 4.77. The number of hydrogen-bond acceptors (Lipinski definition) is 6.